The lowest BCUT2D eigenvalue weighted by molar-refractivity contribution is -0.383. The van der Waals surface area contributed by atoms with E-state index in [0.717, 1.165) is 6.07 Å². The minimum atomic E-state index is -3.74. The second-order valence-electron chi connectivity index (χ2n) is 4.60. The maximum absolute atomic E-state index is 12.4. The van der Waals surface area contributed by atoms with Gasteiger partial charge >= 0.3 is 5.69 Å². The lowest BCUT2D eigenvalue weighted by Gasteiger charge is -2.14. The Morgan fingerprint density at radius 1 is 1.60 bits per heavy atom. The van der Waals surface area contributed by atoms with Gasteiger partial charge in [-0.05, 0) is 18.8 Å². The van der Waals surface area contributed by atoms with Crippen molar-refractivity contribution in [3.05, 3.63) is 16.2 Å². The molecule has 1 aliphatic heterocycles. The first-order chi connectivity index (χ1) is 9.36. The van der Waals surface area contributed by atoms with E-state index in [1.807, 2.05) is 0 Å². The van der Waals surface area contributed by atoms with Crippen molar-refractivity contribution in [1.82, 2.24) is 4.31 Å². The van der Waals surface area contributed by atoms with Crippen molar-refractivity contribution in [2.45, 2.75) is 17.1 Å². The maximum atomic E-state index is 12.4. The van der Waals surface area contributed by atoms with Crippen LogP contribution in [0.25, 0.3) is 0 Å². The second-order valence-corrected chi connectivity index (χ2v) is 7.85. The number of aliphatic hydroxyl groups is 1. The SMILES string of the molecule is Nc1sc(S(=O)(=O)N2CCC(CCO)C2)cc1[N+](=O)[O-]. The fourth-order valence-corrected chi connectivity index (χ4v) is 5.10. The van der Waals surface area contributed by atoms with E-state index in [-0.39, 0.29) is 27.4 Å². The Hall–Kier alpha value is -1.23. The number of nitrogens with zero attached hydrogens (tertiary/aromatic N) is 2. The molecule has 1 aliphatic rings. The Morgan fingerprint density at radius 3 is 2.85 bits per heavy atom. The van der Waals surface area contributed by atoms with Gasteiger partial charge in [0.25, 0.3) is 10.0 Å². The molecule has 2 rings (SSSR count). The monoisotopic (exact) mass is 321 g/mol. The number of sulfonamides is 1. The predicted octanol–water partition coefficient (Wildman–Crippen LogP) is 0.631. The van der Waals surface area contributed by atoms with Crippen LogP contribution in [0.4, 0.5) is 10.7 Å². The summed E-state index contributed by atoms with van der Waals surface area (Å²) in [6, 6.07) is 1.01. The Labute approximate surface area is 120 Å². The van der Waals surface area contributed by atoms with Crippen molar-refractivity contribution in [3.8, 4) is 0 Å². The number of hydrogen-bond acceptors (Lipinski definition) is 7. The molecule has 112 valence electrons. The van der Waals surface area contributed by atoms with Crippen LogP contribution in [0.15, 0.2) is 10.3 Å². The molecule has 1 saturated heterocycles. The van der Waals surface area contributed by atoms with E-state index in [1.54, 1.807) is 0 Å². The first-order valence-corrected chi connectivity index (χ1v) is 8.26. The number of rotatable bonds is 5. The van der Waals surface area contributed by atoms with Crippen LogP contribution in [0.3, 0.4) is 0 Å². The highest BCUT2D eigenvalue weighted by atomic mass is 32.2. The summed E-state index contributed by atoms with van der Waals surface area (Å²) in [5.74, 6) is 0.127. The van der Waals surface area contributed by atoms with E-state index in [0.29, 0.717) is 37.3 Å². The van der Waals surface area contributed by atoms with Gasteiger partial charge in [0, 0.05) is 25.8 Å². The van der Waals surface area contributed by atoms with Gasteiger partial charge in [-0.25, -0.2) is 8.42 Å². The summed E-state index contributed by atoms with van der Waals surface area (Å²) >= 11 is 0.708. The van der Waals surface area contributed by atoms with Crippen molar-refractivity contribution in [2.75, 3.05) is 25.4 Å². The van der Waals surface area contributed by atoms with Gasteiger partial charge in [-0.3, -0.25) is 10.1 Å². The fraction of sp³-hybridized carbons (Fsp3) is 0.600. The summed E-state index contributed by atoms with van der Waals surface area (Å²) < 4.78 is 25.9. The topological polar surface area (TPSA) is 127 Å². The zero-order valence-electron chi connectivity index (χ0n) is 10.6. The van der Waals surface area contributed by atoms with Crippen LogP contribution < -0.4 is 5.73 Å². The molecule has 8 nitrogen and oxygen atoms in total. The van der Waals surface area contributed by atoms with Crippen LogP contribution in [0.5, 0.6) is 0 Å². The molecule has 0 saturated carbocycles. The number of nitro groups is 1. The Kier molecular flexibility index (Phi) is 4.28. The average molecular weight is 321 g/mol. The number of aliphatic hydroxyl groups excluding tert-OH is 1. The quantitative estimate of drug-likeness (QED) is 0.605. The zero-order chi connectivity index (χ0) is 14.9. The van der Waals surface area contributed by atoms with Crippen LogP contribution in [0.1, 0.15) is 12.8 Å². The Morgan fingerprint density at radius 2 is 2.30 bits per heavy atom. The van der Waals surface area contributed by atoms with Crippen LogP contribution in [-0.4, -0.2) is 42.4 Å². The summed E-state index contributed by atoms with van der Waals surface area (Å²) in [6.45, 7) is 0.711. The predicted molar refractivity (Wildman–Crippen MR) is 74.0 cm³/mol. The molecule has 0 aliphatic carbocycles. The van der Waals surface area contributed by atoms with Gasteiger partial charge in [0.05, 0.1) is 4.92 Å². The number of nitrogen functional groups attached to an aromatic ring is 1. The molecule has 0 amide bonds. The van der Waals surface area contributed by atoms with E-state index in [9.17, 15) is 18.5 Å². The Bertz CT molecular complexity index is 612. The lowest BCUT2D eigenvalue weighted by atomic mass is 10.1. The molecule has 3 N–H and O–H groups in total. The average Bonchev–Trinajstić information content (AvgIpc) is 2.96. The van der Waals surface area contributed by atoms with Gasteiger partial charge in [0.2, 0.25) is 0 Å². The summed E-state index contributed by atoms with van der Waals surface area (Å²) in [4.78, 5) is 10.0. The fourth-order valence-electron chi connectivity index (χ4n) is 2.20. The number of thiophene rings is 1. The third-order valence-electron chi connectivity index (χ3n) is 3.29. The molecule has 0 spiro atoms. The van der Waals surface area contributed by atoms with Crippen molar-refractivity contribution in [1.29, 1.82) is 0 Å². The third kappa shape index (κ3) is 2.77. The van der Waals surface area contributed by atoms with Crippen LogP contribution >= 0.6 is 11.3 Å². The summed E-state index contributed by atoms with van der Waals surface area (Å²) in [5.41, 5.74) is 5.10. The first kappa shape index (κ1) is 15.2. The van der Waals surface area contributed by atoms with Gasteiger partial charge < -0.3 is 10.8 Å². The largest absolute Gasteiger partial charge is 0.396 e. The molecule has 20 heavy (non-hydrogen) atoms. The molecule has 0 radical (unpaired) electrons. The van der Waals surface area contributed by atoms with E-state index >= 15 is 0 Å². The Balaban J connectivity index is 2.23. The highest BCUT2D eigenvalue weighted by Crippen LogP contribution is 2.37. The molecular weight excluding hydrogens is 306 g/mol. The normalized spacial score (nSPS) is 20.4. The van der Waals surface area contributed by atoms with Crippen molar-refractivity contribution in [3.63, 3.8) is 0 Å². The van der Waals surface area contributed by atoms with Gasteiger partial charge in [0.15, 0.2) is 5.00 Å². The summed E-state index contributed by atoms with van der Waals surface area (Å²) in [5, 5.41) is 19.5. The van der Waals surface area contributed by atoms with Crippen molar-refractivity contribution >= 4 is 32.0 Å². The molecule has 2 heterocycles. The molecule has 1 unspecified atom stereocenters. The van der Waals surface area contributed by atoms with Gasteiger partial charge in [0.1, 0.15) is 4.21 Å². The molecule has 1 fully saturated rings. The van der Waals surface area contributed by atoms with Crippen LogP contribution in [0, 0.1) is 16.0 Å². The second kappa shape index (κ2) is 5.64. The van der Waals surface area contributed by atoms with Gasteiger partial charge in [-0.1, -0.05) is 11.3 Å². The third-order valence-corrected chi connectivity index (χ3v) is 6.56. The highest BCUT2D eigenvalue weighted by Gasteiger charge is 2.35. The molecular formula is C10H15N3O5S2. The molecule has 0 bridgehead atoms. The minimum absolute atomic E-state index is 0.0238. The van der Waals surface area contributed by atoms with Crippen LogP contribution in [-0.2, 0) is 10.0 Å². The maximum Gasteiger partial charge on any atom is 0.304 e. The molecule has 1 aromatic heterocycles. The summed E-state index contributed by atoms with van der Waals surface area (Å²) in [6.07, 6.45) is 1.24. The molecule has 0 aromatic carbocycles. The number of nitrogens with two attached hydrogens (primary N) is 1. The van der Waals surface area contributed by atoms with E-state index < -0.39 is 14.9 Å². The number of anilines is 1. The number of hydrogen-bond donors (Lipinski definition) is 2. The van der Waals surface area contributed by atoms with Gasteiger partial charge in [-0.2, -0.15) is 4.31 Å². The molecule has 1 aromatic rings. The van der Waals surface area contributed by atoms with Crippen molar-refractivity contribution < 1.29 is 18.4 Å². The lowest BCUT2D eigenvalue weighted by Crippen LogP contribution is -2.28. The van der Waals surface area contributed by atoms with E-state index in [4.69, 9.17) is 10.8 Å². The summed E-state index contributed by atoms with van der Waals surface area (Å²) in [7, 11) is -3.74. The molecule has 10 heteroatoms. The van der Waals surface area contributed by atoms with Crippen molar-refractivity contribution in [2.24, 2.45) is 5.92 Å². The van der Waals surface area contributed by atoms with E-state index in [1.165, 1.54) is 4.31 Å². The highest BCUT2D eigenvalue weighted by molar-refractivity contribution is 7.91. The first-order valence-electron chi connectivity index (χ1n) is 6.01. The van der Waals surface area contributed by atoms with Crippen LogP contribution in [0.2, 0.25) is 0 Å². The standard InChI is InChI=1S/C10H15N3O5S2/c11-10-8(13(15)16)5-9(19-10)20(17,18)12-3-1-7(6-12)2-4-14/h5,7,14H,1-4,6,11H2. The zero-order valence-corrected chi connectivity index (χ0v) is 12.2. The minimum Gasteiger partial charge on any atom is -0.396 e. The van der Waals surface area contributed by atoms with E-state index in [2.05, 4.69) is 0 Å². The smallest absolute Gasteiger partial charge is 0.304 e. The molecule has 1 atom stereocenters. The van der Waals surface area contributed by atoms with Gasteiger partial charge in [-0.15, -0.1) is 0 Å².